The zero-order valence-electron chi connectivity index (χ0n) is 18.5. The van der Waals surface area contributed by atoms with Gasteiger partial charge in [-0.1, -0.05) is 0 Å². The minimum Gasteiger partial charge on any atom is -0.444 e. The molecule has 1 aliphatic rings. The number of hydrogen-bond donors (Lipinski definition) is 3. The van der Waals surface area contributed by atoms with E-state index >= 15 is 0 Å². The van der Waals surface area contributed by atoms with Crippen LogP contribution in [0.25, 0.3) is 22.4 Å². The maximum atomic E-state index is 14.4. The van der Waals surface area contributed by atoms with E-state index in [9.17, 15) is 9.18 Å². The van der Waals surface area contributed by atoms with Crippen molar-refractivity contribution >= 4 is 28.6 Å². The average molecular weight is 442 g/mol. The number of pyridine rings is 1. The molecule has 0 saturated carbocycles. The number of carbonyl (C=O) groups is 1. The standard InChI is InChI=1S/C22H28FN7O2/c1-22(2,3)32-21(31)30-6-4-5-13(12-30)8-25-20-17(23)11-28-19(29-20)16-10-27-18-15(16)7-14(24)9-26-18/h7,9-11,13H,4-6,8,12,24H2,1-3H3,(H,26,27)(H,25,28,29). The van der Waals surface area contributed by atoms with Crippen LogP contribution in [0.1, 0.15) is 33.6 Å². The number of piperidine rings is 1. The van der Waals surface area contributed by atoms with Crippen LogP contribution in [-0.2, 0) is 4.74 Å². The van der Waals surface area contributed by atoms with Crippen molar-refractivity contribution in [3.63, 3.8) is 0 Å². The molecule has 1 fully saturated rings. The van der Waals surface area contributed by atoms with Gasteiger partial charge in [0.05, 0.1) is 18.1 Å². The summed E-state index contributed by atoms with van der Waals surface area (Å²) in [6.45, 7) is 7.24. The number of ether oxygens (including phenoxy) is 1. The van der Waals surface area contributed by atoms with E-state index in [1.807, 2.05) is 20.8 Å². The number of nitrogens with one attached hydrogen (secondary N) is 2. The molecule has 0 spiro atoms. The highest BCUT2D eigenvalue weighted by Crippen LogP contribution is 2.28. The van der Waals surface area contributed by atoms with Crippen molar-refractivity contribution in [2.24, 2.45) is 5.92 Å². The summed E-state index contributed by atoms with van der Waals surface area (Å²) < 4.78 is 19.9. The van der Waals surface area contributed by atoms with E-state index in [-0.39, 0.29) is 17.8 Å². The van der Waals surface area contributed by atoms with E-state index in [4.69, 9.17) is 10.5 Å². The number of rotatable bonds is 4. The lowest BCUT2D eigenvalue weighted by Crippen LogP contribution is -2.44. The van der Waals surface area contributed by atoms with Gasteiger partial charge in [-0.2, -0.15) is 0 Å². The molecular weight excluding hydrogens is 413 g/mol. The SMILES string of the molecule is CC(C)(C)OC(=O)N1CCCC(CNc2nc(-c3c[nH]c4ncc(N)cc34)ncc2F)C1. The topological polar surface area (TPSA) is 122 Å². The summed E-state index contributed by atoms with van der Waals surface area (Å²) in [5, 5.41) is 3.86. The second-order valence-electron chi connectivity index (χ2n) is 9.07. The van der Waals surface area contributed by atoms with Crippen LogP contribution in [-0.4, -0.2) is 56.2 Å². The number of aromatic amines is 1. The Morgan fingerprint density at radius 3 is 2.97 bits per heavy atom. The molecule has 1 unspecified atom stereocenters. The van der Waals surface area contributed by atoms with Crippen LogP contribution in [0.4, 0.5) is 20.7 Å². The van der Waals surface area contributed by atoms with Crippen LogP contribution in [0, 0.1) is 11.7 Å². The highest BCUT2D eigenvalue weighted by atomic mass is 19.1. The summed E-state index contributed by atoms with van der Waals surface area (Å²) in [7, 11) is 0. The highest BCUT2D eigenvalue weighted by molar-refractivity contribution is 5.93. The molecule has 3 aromatic rings. The van der Waals surface area contributed by atoms with E-state index < -0.39 is 11.4 Å². The number of nitrogen functional groups attached to an aromatic ring is 1. The molecular formula is C22H28FN7O2. The predicted molar refractivity (Wildman–Crippen MR) is 121 cm³/mol. The Hall–Kier alpha value is -3.43. The summed E-state index contributed by atoms with van der Waals surface area (Å²) >= 11 is 0. The summed E-state index contributed by atoms with van der Waals surface area (Å²) in [4.78, 5) is 29.9. The van der Waals surface area contributed by atoms with Gasteiger partial charge in [-0.05, 0) is 45.6 Å². The number of aromatic nitrogens is 4. The predicted octanol–water partition coefficient (Wildman–Crippen LogP) is 3.80. The van der Waals surface area contributed by atoms with E-state index in [1.165, 1.54) is 0 Å². The fourth-order valence-corrected chi connectivity index (χ4v) is 3.79. The summed E-state index contributed by atoms with van der Waals surface area (Å²) in [6.07, 6.45) is 5.92. The van der Waals surface area contributed by atoms with Crippen molar-refractivity contribution in [3.8, 4) is 11.4 Å². The molecule has 3 aromatic heterocycles. The van der Waals surface area contributed by atoms with Crippen LogP contribution in [0.15, 0.2) is 24.7 Å². The van der Waals surface area contributed by atoms with Crippen LogP contribution >= 0.6 is 0 Å². The molecule has 10 heteroatoms. The fourth-order valence-electron chi connectivity index (χ4n) is 3.79. The molecule has 9 nitrogen and oxygen atoms in total. The summed E-state index contributed by atoms with van der Waals surface area (Å²) in [5.74, 6) is 0.111. The van der Waals surface area contributed by atoms with Gasteiger partial charge in [-0.15, -0.1) is 0 Å². The molecule has 4 N–H and O–H groups in total. The van der Waals surface area contributed by atoms with E-state index in [2.05, 4.69) is 25.3 Å². The first-order valence-corrected chi connectivity index (χ1v) is 10.7. The first-order chi connectivity index (χ1) is 15.2. The van der Waals surface area contributed by atoms with Gasteiger partial charge in [0.1, 0.15) is 11.2 Å². The van der Waals surface area contributed by atoms with Gasteiger partial charge in [-0.3, -0.25) is 0 Å². The highest BCUT2D eigenvalue weighted by Gasteiger charge is 2.27. The Labute approximate surface area is 185 Å². The molecule has 1 amide bonds. The van der Waals surface area contributed by atoms with Gasteiger partial charge in [0.2, 0.25) is 0 Å². The number of H-pyrrole nitrogens is 1. The van der Waals surface area contributed by atoms with E-state index in [1.54, 1.807) is 23.4 Å². The molecule has 1 saturated heterocycles. The number of fused-ring (bicyclic) bond motifs is 1. The normalized spacial score (nSPS) is 16.9. The van der Waals surface area contributed by atoms with Crippen molar-refractivity contribution in [1.82, 2.24) is 24.8 Å². The third-order valence-corrected chi connectivity index (χ3v) is 5.27. The van der Waals surface area contributed by atoms with Gasteiger partial charge in [-0.25, -0.2) is 24.1 Å². The molecule has 32 heavy (non-hydrogen) atoms. The number of halogens is 1. The molecule has 0 aliphatic carbocycles. The zero-order chi connectivity index (χ0) is 22.9. The van der Waals surface area contributed by atoms with Crippen LogP contribution < -0.4 is 11.1 Å². The molecule has 170 valence electrons. The molecule has 1 aliphatic heterocycles. The lowest BCUT2D eigenvalue weighted by atomic mass is 9.98. The van der Waals surface area contributed by atoms with Gasteiger partial charge in [0, 0.05) is 36.8 Å². The zero-order valence-corrected chi connectivity index (χ0v) is 18.5. The van der Waals surface area contributed by atoms with Crippen LogP contribution in [0.5, 0.6) is 0 Å². The molecule has 4 rings (SSSR count). The van der Waals surface area contributed by atoms with Gasteiger partial charge in [0.15, 0.2) is 17.5 Å². The first kappa shape index (κ1) is 21.8. The molecule has 0 aromatic carbocycles. The Morgan fingerprint density at radius 1 is 1.38 bits per heavy atom. The number of nitrogens with two attached hydrogens (primary N) is 1. The van der Waals surface area contributed by atoms with Crippen LogP contribution in [0.3, 0.4) is 0 Å². The van der Waals surface area contributed by atoms with Crippen molar-refractivity contribution in [2.75, 3.05) is 30.7 Å². The number of amides is 1. The molecule has 4 heterocycles. The maximum absolute atomic E-state index is 14.4. The van der Waals surface area contributed by atoms with Gasteiger partial charge >= 0.3 is 6.09 Å². The minimum atomic E-state index is -0.536. The Bertz CT molecular complexity index is 1130. The number of carbonyl (C=O) groups excluding carboxylic acids is 1. The number of hydrogen-bond acceptors (Lipinski definition) is 7. The Morgan fingerprint density at radius 2 is 2.19 bits per heavy atom. The largest absolute Gasteiger partial charge is 0.444 e. The number of nitrogens with zero attached hydrogens (tertiary/aromatic N) is 4. The first-order valence-electron chi connectivity index (χ1n) is 10.7. The average Bonchev–Trinajstić information content (AvgIpc) is 3.15. The number of anilines is 2. The number of likely N-dealkylation sites (tertiary alicyclic amines) is 1. The van der Waals surface area contributed by atoms with Gasteiger partial charge < -0.3 is 25.7 Å². The quantitative estimate of drug-likeness (QED) is 0.563. The summed E-state index contributed by atoms with van der Waals surface area (Å²) in [6, 6.07) is 1.78. The molecule has 0 bridgehead atoms. The second-order valence-corrected chi connectivity index (χ2v) is 9.07. The van der Waals surface area contributed by atoms with Gasteiger partial charge in [0.25, 0.3) is 0 Å². The third kappa shape index (κ3) is 4.90. The smallest absolute Gasteiger partial charge is 0.410 e. The second kappa shape index (κ2) is 8.60. The summed E-state index contributed by atoms with van der Waals surface area (Å²) in [5.41, 5.74) is 7.18. The third-order valence-electron chi connectivity index (χ3n) is 5.27. The van der Waals surface area contributed by atoms with Crippen molar-refractivity contribution in [2.45, 2.75) is 39.2 Å². The Balaban J connectivity index is 1.46. The molecule has 0 radical (unpaired) electrons. The maximum Gasteiger partial charge on any atom is 0.410 e. The van der Waals surface area contributed by atoms with Crippen molar-refractivity contribution in [3.05, 3.63) is 30.5 Å². The minimum absolute atomic E-state index is 0.121. The van der Waals surface area contributed by atoms with Crippen molar-refractivity contribution < 1.29 is 13.9 Å². The van der Waals surface area contributed by atoms with E-state index in [0.717, 1.165) is 24.4 Å². The fraction of sp³-hybridized carbons (Fsp3) is 0.455. The van der Waals surface area contributed by atoms with E-state index in [0.29, 0.717) is 42.4 Å². The van der Waals surface area contributed by atoms with Crippen LogP contribution in [0.2, 0.25) is 0 Å². The lowest BCUT2D eigenvalue weighted by molar-refractivity contribution is 0.0172. The lowest BCUT2D eigenvalue weighted by Gasteiger charge is -2.34. The monoisotopic (exact) mass is 441 g/mol. The Kier molecular flexibility index (Phi) is 5.86. The molecule has 1 atom stereocenters. The van der Waals surface area contributed by atoms with Crippen molar-refractivity contribution in [1.29, 1.82) is 0 Å².